The van der Waals surface area contributed by atoms with E-state index in [2.05, 4.69) is 50.2 Å². The van der Waals surface area contributed by atoms with Gasteiger partial charge in [-0.15, -0.1) is 11.3 Å². The van der Waals surface area contributed by atoms with Crippen molar-refractivity contribution in [1.29, 1.82) is 0 Å². The van der Waals surface area contributed by atoms with Crippen molar-refractivity contribution in [3.63, 3.8) is 0 Å². The number of nitrogens with one attached hydrogen (secondary N) is 1. The molecular weight excluding hydrogens is 258 g/mol. The molecule has 1 fully saturated rings. The molecule has 0 aliphatic carbocycles. The molecule has 0 spiro atoms. The molecule has 19 heavy (non-hydrogen) atoms. The molecule has 5 heteroatoms. The zero-order chi connectivity index (χ0) is 14.1. The summed E-state index contributed by atoms with van der Waals surface area (Å²) < 4.78 is 5.56. The summed E-state index contributed by atoms with van der Waals surface area (Å²) in [4.78, 5) is 7.12. The van der Waals surface area contributed by atoms with E-state index in [-0.39, 0.29) is 11.1 Å². The van der Waals surface area contributed by atoms with Crippen molar-refractivity contribution >= 4 is 16.5 Å². The number of hydrogen-bond donors (Lipinski definition) is 1. The van der Waals surface area contributed by atoms with Crippen molar-refractivity contribution in [3.8, 4) is 0 Å². The van der Waals surface area contributed by atoms with E-state index in [9.17, 15) is 0 Å². The lowest BCUT2D eigenvalue weighted by molar-refractivity contribution is 0.0643. The summed E-state index contributed by atoms with van der Waals surface area (Å²) in [6, 6.07) is 0. The van der Waals surface area contributed by atoms with E-state index in [0.29, 0.717) is 0 Å². The number of hydrogen-bond acceptors (Lipinski definition) is 5. The number of thiazole rings is 1. The van der Waals surface area contributed by atoms with Crippen LogP contribution < -0.4 is 10.2 Å². The Morgan fingerprint density at radius 2 is 2.21 bits per heavy atom. The van der Waals surface area contributed by atoms with Crippen molar-refractivity contribution in [3.05, 3.63) is 11.1 Å². The Hall–Kier alpha value is -0.650. The Morgan fingerprint density at radius 1 is 1.47 bits per heavy atom. The van der Waals surface area contributed by atoms with Gasteiger partial charge < -0.3 is 15.0 Å². The fraction of sp³-hybridized carbons (Fsp3) is 0.786. The first-order valence-corrected chi connectivity index (χ1v) is 7.71. The van der Waals surface area contributed by atoms with Gasteiger partial charge in [0.15, 0.2) is 5.13 Å². The molecule has 1 aliphatic rings. The molecule has 2 rings (SSSR count). The Bertz CT molecular complexity index is 423. The average Bonchev–Trinajstić information content (AvgIpc) is 2.73. The number of rotatable bonds is 3. The van der Waals surface area contributed by atoms with E-state index in [0.717, 1.165) is 37.1 Å². The van der Waals surface area contributed by atoms with E-state index in [4.69, 9.17) is 9.72 Å². The molecular formula is C14H25N3OS. The number of nitrogens with zero attached hydrogens (tertiary/aromatic N) is 2. The SMILES string of the molecule is CC(C)(C)NCc1csc(N2CCOCC2(C)C)n1. The third-order valence-corrected chi connectivity index (χ3v) is 4.13. The summed E-state index contributed by atoms with van der Waals surface area (Å²) in [7, 11) is 0. The van der Waals surface area contributed by atoms with Gasteiger partial charge in [0, 0.05) is 24.0 Å². The second-order valence-corrected chi connectivity index (χ2v) is 7.58. The van der Waals surface area contributed by atoms with Crippen LogP contribution in [-0.2, 0) is 11.3 Å². The Balaban J connectivity index is 2.04. The Morgan fingerprint density at radius 3 is 2.84 bits per heavy atom. The molecule has 0 radical (unpaired) electrons. The van der Waals surface area contributed by atoms with Crippen LogP contribution in [0.15, 0.2) is 5.38 Å². The lowest BCUT2D eigenvalue weighted by atomic mass is 10.0. The first kappa shape index (κ1) is 14.8. The topological polar surface area (TPSA) is 37.4 Å². The third kappa shape index (κ3) is 3.91. The van der Waals surface area contributed by atoms with Crippen LogP contribution >= 0.6 is 11.3 Å². The smallest absolute Gasteiger partial charge is 0.186 e. The van der Waals surface area contributed by atoms with Crippen molar-refractivity contribution in [2.24, 2.45) is 0 Å². The molecule has 0 amide bonds. The van der Waals surface area contributed by atoms with Gasteiger partial charge in [0.05, 0.1) is 24.4 Å². The van der Waals surface area contributed by atoms with Crippen LogP contribution in [0.5, 0.6) is 0 Å². The second kappa shape index (κ2) is 5.38. The van der Waals surface area contributed by atoms with Gasteiger partial charge >= 0.3 is 0 Å². The maximum atomic E-state index is 5.56. The van der Waals surface area contributed by atoms with Gasteiger partial charge in [-0.05, 0) is 34.6 Å². The molecule has 0 atom stereocenters. The Labute approximate surface area is 120 Å². The first-order valence-electron chi connectivity index (χ1n) is 6.83. The minimum absolute atomic E-state index is 0.0326. The van der Waals surface area contributed by atoms with E-state index < -0.39 is 0 Å². The van der Waals surface area contributed by atoms with Crippen molar-refractivity contribution < 1.29 is 4.74 Å². The van der Waals surface area contributed by atoms with E-state index in [1.807, 2.05) is 0 Å². The maximum absolute atomic E-state index is 5.56. The minimum Gasteiger partial charge on any atom is -0.377 e. The summed E-state index contributed by atoms with van der Waals surface area (Å²) >= 11 is 1.73. The van der Waals surface area contributed by atoms with Crippen molar-refractivity contribution in [1.82, 2.24) is 10.3 Å². The molecule has 1 N–H and O–H groups in total. The van der Waals surface area contributed by atoms with E-state index in [1.54, 1.807) is 11.3 Å². The normalized spacial score (nSPS) is 19.7. The van der Waals surface area contributed by atoms with Crippen molar-refractivity contribution in [2.45, 2.75) is 52.2 Å². The van der Waals surface area contributed by atoms with Gasteiger partial charge in [0.1, 0.15) is 0 Å². The minimum atomic E-state index is 0.0326. The number of anilines is 1. The molecule has 2 heterocycles. The number of morpholine rings is 1. The zero-order valence-electron chi connectivity index (χ0n) is 12.6. The lowest BCUT2D eigenvalue weighted by Crippen LogP contribution is -2.53. The third-order valence-electron chi connectivity index (χ3n) is 3.22. The van der Waals surface area contributed by atoms with Crippen LogP contribution in [0.25, 0.3) is 0 Å². The summed E-state index contributed by atoms with van der Waals surface area (Å²) in [5.41, 5.74) is 1.28. The molecule has 4 nitrogen and oxygen atoms in total. The fourth-order valence-corrected chi connectivity index (χ4v) is 3.08. The van der Waals surface area contributed by atoms with Crippen molar-refractivity contribution in [2.75, 3.05) is 24.7 Å². The quantitative estimate of drug-likeness (QED) is 0.925. The van der Waals surface area contributed by atoms with Gasteiger partial charge in [-0.2, -0.15) is 0 Å². The maximum Gasteiger partial charge on any atom is 0.186 e. The summed E-state index contributed by atoms with van der Waals surface area (Å²) in [5, 5.41) is 6.74. The lowest BCUT2D eigenvalue weighted by Gasteiger charge is -2.42. The highest BCUT2D eigenvalue weighted by Crippen LogP contribution is 2.29. The standard InChI is InChI=1S/C14H25N3OS/c1-13(2,3)15-8-11-9-19-12(16-11)17-6-7-18-10-14(17,4)5/h9,15H,6-8,10H2,1-5H3. The molecule has 0 unspecified atom stereocenters. The molecule has 0 bridgehead atoms. The van der Waals surface area contributed by atoms with Gasteiger partial charge in [-0.1, -0.05) is 0 Å². The fourth-order valence-electron chi connectivity index (χ4n) is 2.07. The monoisotopic (exact) mass is 283 g/mol. The molecule has 1 aromatic heterocycles. The van der Waals surface area contributed by atoms with Gasteiger partial charge in [-0.25, -0.2) is 4.98 Å². The van der Waals surface area contributed by atoms with Gasteiger partial charge in [-0.3, -0.25) is 0 Å². The first-order chi connectivity index (χ1) is 8.78. The average molecular weight is 283 g/mol. The summed E-state index contributed by atoms with van der Waals surface area (Å²) in [5.74, 6) is 0. The predicted octanol–water partition coefficient (Wildman–Crippen LogP) is 2.65. The highest BCUT2D eigenvalue weighted by molar-refractivity contribution is 7.13. The molecule has 1 saturated heterocycles. The van der Waals surface area contributed by atoms with Crippen LogP contribution in [0.2, 0.25) is 0 Å². The zero-order valence-corrected chi connectivity index (χ0v) is 13.4. The highest BCUT2D eigenvalue weighted by atomic mass is 32.1. The predicted molar refractivity (Wildman–Crippen MR) is 81.0 cm³/mol. The number of aromatic nitrogens is 1. The molecule has 1 aromatic rings. The molecule has 1 aliphatic heterocycles. The van der Waals surface area contributed by atoms with Crippen LogP contribution in [0, 0.1) is 0 Å². The highest BCUT2D eigenvalue weighted by Gasteiger charge is 2.32. The van der Waals surface area contributed by atoms with E-state index in [1.165, 1.54) is 0 Å². The molecule has 0 saturated carbocycles. The van der Waals surface area contributed by atoms with Gasteiger partial charge in [0.25, 0.3) is 0 Å². The molecule has 0 aromatic carbocycles. The summed E-state index contributed by atoms with van der Waals surface area (Å²) in [6.45, 7) is 14.2. The van der Waals surface area contributed by atoms with Crippen LogP contribution in [0.1, 0.15) is 40.3 Å². The summed E-state index contributed by atoms with van der Waals surface area (Å²) in [6.07, 6.45) is 0. The number of ether oxygens (including phenoxy) is 1. The Kier molecular flexibility index (Phi) is 4.18. The largest absolute Gasteiger partial charge is 0.377 e. The second-order valence-electron chi connectivity index (χ2n) is 6.74. The molecule has 108 valence electrons. The van der Waals surface area contributed by atoms with E-state index >= 15 is 0 Å². The van der Waals surface area contributed by atoms with Crippen LogP contribution in [-0.4, -0.2) is 35.8 Å². The van der Waals surface area contributed by atoms with Crippen LogP contribution in [0.3, 0.4) is 0 Å². The van der Waals surface area contributed by atoms with Crippen LogP contribution in [0.4, 0.5) is 5.13 Å². The van der Waals surface area contributed by atoms with Gasteiger partial charge in [0.2, 0.25) is 0 Å².